The molecule has 0 unspecified atom stereocenters. The number of nitro groups is 1. The second-order valence-electron chi connectivity index (χ2n) is 9.66. The minimum atomic E-state index is -1.03. The smallest absolute Gasteiger partial charge is 0.269 e. The van der Waals surface area contributed by atoms with Crippen LogP contribution >= 0.6 is 0 Å². The Bertz CT molecular complexity index is 1590. The molecule has 3 aromatic rings. The normalized spacial score (nSPS) is 22.4. The van der Waals surface area contributed by atoms with Crippen molar-refractivity contribution in [3.8, 4) is 11.5 Å². The quantitative estimate of drug-likeness (QED) is 0.285. The minimum absolute atomic E-state index is 0.117. The number of imide groups is 1. The summed E-state index contributed by atoms with van der Waals surface area (Å²) in [6.07, 6.45) is 3.76. The molecule has 0 saturated carbocycles. The van der Waals surface area contributed by atoms with Crippen LogP contribution in [0.3, 0.4) is 0 Å². The van der Waals surface area contributed by atoms with Crippen molar-refractivity contribution in [3.05, 3.63) is 88.5 Å². The summed E-state index contributed by atoms with van der Waals surface area (Å²) in [5.74, 6) is -2.54. The van der Waals surface area contributed by atoms with Gasteiger partial charge in [-0.15, -0.1) is 0 Å². The molecule has 4 atom stereocenters. The van der Waals surface area contributed by atoms with Gasteiger partial charge in [0.05, 0.1) is 42.7 Å². The number of carbonyl (C=O) groups excluding carboxylic acids is 3. The number of carbonyl (C=O) groups is 3. The molecule has 2 fully saturated rings. The van der Waals surface area contributed by atoms with Gasteiger partial charge in [-0.1, -0.05) is 30.4 Å². The molecule has 3 amide bonds. The summed E-state index contributed by atoms with van der Waals surface area (Å²) in [4.78, 5) is 55.5. The van der Waals surface area contributed by atoms with E-state index < -0.39 is 46.6 Å². The van der Waals surface area contributed by atoms with E-state index in [-0.39, 0.29) is 11.4 Å². The number of nitro benzene ring substituents is 1. The number of benzene rings is 3. The van der Waals surface area contributed by atoms with Crippen molar-refractivity contribution >= 4 is 46.5 Å². The average Bonchev–Trinajstić information content (AvgIpc) is 3.45. The molecule has 3 heterocycles. The van der Waals surface area contributed by atoms with Crippen molar-refractivity contribution in [3.63, 3.8) is 0 Å². The van der Waals surface area contributed by atoms with Gasteiger partial charge >= 0.3 is 0 Å². The number of fused-ring (bicyclic) bond motifs is 5. The zero-order valence-electron chi connectivity index (χ0n) is 21.5. The van der Waals surface area contributed by atoms with Crippen LogP contribution in [0.5, 0.6) is 11.5 Å². The number of para-hydroxylation sites is 1. The summed E-state index contributed by atoms with van der Waals surface area (Å²) in [5.41, 5.74) is 2.05. The van der Waals surface area contributed by atoms with Crippen LogP contribution in [-0.2, 0) is 14.4 Å². The first kappa shape index (κ1) is 25.1. The van der Waals surface area contributed by atoms with Gasteiger partial charge in [-0.05, 0) is 35.9 Å². The first-order valence-corrected chi connectivity index (χ1v) is 12.5. The lowest BCUT2D eigenvalue weighted by atomic mass is 9.88. The summed E-state index contributed by atoms with van der Waals surface area (Å²) in [5, 5.41) is 13.9. The molecule has 3 aliphatic rings. The van der Waals surface area contributed by atoms with Crippen LogP contribution in [0.4, 0.5) is 22.7 Å². The number of ether oxygens (including phenoxy) is 2. The molecular weight excluding hydrogens is 516 g/mol. The zero-order chi connectivity index (χ0) is 28.1. The maximum absolute atomic E-state index is 14.1. The topological polar surface area (TPSA) is 131 Å². The van der Waals surface area contributed by atoms with Crippen molar-refractivity contribution in [2.45, 2.75) is 12.1 Å². The van der Waals surface area contributed by atoms with Crippen LogP contribution in [0.1, 0.15) is 5.56 Å². The number of amides is 3. The van der Waals surface area contributed by atoms with Crippen LogP contribution in [0.15, 0.2) is 72.8 Å². The molecule has 2 saturated heterocycles. The Morgan fingerprint density at radius 1 is 0.925 bits per heavy atom. The molecule has 0 radical (unpaired) electrons. The van der Waals surface area contributed by atoms with E-state index in [1.54, 1.807) is 18.2 Å². The van der Waals surface area contributed by atoms with Gasteiger partial charge in [0.2, 0.25) is 17.7 Å². The number of nitrogens with one attached hydrogen (secondary N) is 1. The highest BCUT2D eigenvalue weighted by Gasteiger charge is 2.64. The summed E-state index contributed by atoms with van der Waals surface area (Å²) in [7, 11) is 2.93. The molecule has 202 valence electrons. The third-order valence-corrected chi connectivity index (χ3v) is 7.66. The Morgan fingerprint density at radius 3 is 2.35 bits per heavy atom. The molecule has 6 rings (SSSR count). The molecule has 11 heteroatoms. The average molecular weight is 541 g/mol. The maximum Gasteiger partial charge on any atom is 0.269 e. The maximum atomic E-state index is 14.1. The van der Waals surface area contributed by atoms with Gasteiger partial charge in [0.1, 0.15) is 17.5 Å². The first-order chi connectivity index (χ1) is 19.3. The fraction of sp³-hybridized carbons (Fsp3) is 0.207. The monoisotopic (exact) mass is 540 g/mol. The van der Waals surface area contributed by atoms with Crippen molar-refractivity contribution < 1.29 is 28.8 Å². The minimum Gasteiger partial charge on any atom is -0.497 e. The molecule has 0 aliphatic carbocycles. The van der Waals surface area contributed by atoms with Crippen molar-refractivity contribution in [1.82, 2.24) is 0 Å². The fourth-order valence-electron chi connectivity index (χ4n) is 5.91. The number of hydrogen-bond acceptors (Lipinski definition) is 8. The van der Waals surface area contributed by atoms with Gasteiger partial charge in [-0.3, -0.25) is 24.5 Å². The second-order valence-corrected chi connectivity index (χ2v) is 9.66. The number of anilines is 3. The largest absolute Gasteiger partial charge is 0.497 e. The Balaban J connectivity index is 1.43. The Kier molecular flexibility index (Phi) is 5.98. The molecule has 0 aromatic heterocycles. The molecule has 0 bridgehead atoms. The van der Waals surface area contributed by atoms with Crippen molar-refractivity contribution in [2.75, 3.05) is 29.3 Å². The number of rotatable bonds is 6. The van der Waals surface area contributed by atoms with E-state index in [1.165, 1.54) is 38.5 Å². The lowest BCUT2D eigenvalue weighted by Crippen LogP contribution is -2.50. The molecule has 3 aliphatic heterocycles. The van der Waals surface area contributed by atoms with E-state index in [1.807, 2.05) is 41.3 Å². The molecule has 40 heavy (non-hydrogen) atoms. The number of hydrogen-bond donors (Lipinski definition) is 1. The number of non-ortho nitro benzene ring substituents is 1. The van der Waals surface area contributed by atoms with Crippen LogP contribution in [0.25, 0.3) is 6.08 Å². The third-order valence-electron chi connectivity index (χ3n) is 7.66. The van der Waals surface area contributed by atoms with E-state index in [9.17, 15) is 24.5 Å². The van der Waals surface area contributed by atoms with Crippen molar-refractivity contribution in [2.24, 2.45) is 11.8 Å². The zero-order valence-corrected chi connectivity index (χ0v) is 21.5. The number of nitrogens with zero attached hydrogens (tertiary/aromatic N) is 3. The Morgan fingerprint density at radius 2 is 1.65 bits per heavy atom. The van der Waals surface area contributed by atoms with Crippen LogP contribution in [-0.4, -0.2) is 48.9 Å². The van der Waals surface area contributed by atoms with Gasteiger partial charge < -0.3 is 19.7 Å². The Labute approximate surface area is 228 Å². The molecular formula is C29H24N4O7. The van der Waals surface area contributed by atoms with Crippen LogP contribution in [0, 0.1) is 22.0 Å². The highest BCUT2D eigenvalue weighted by Crippen LogP contribution is 2.50. The first-order valence-electron chi connectivity index (χ1n) is 12.5. The van der Waals surface area contributed by atoms with E-state index in [0.717, 1.165) is 16.2 Å². The van der Waals surface area contributed by atoms with E-state index in [0.29, 0.717) is 17.2 Å². The van der Waals surface area contributed by atoms with Gasteiger partial charge in [-0.25, -0.2) is 4.90 Å². The lowest BCUT2D eigenvalue weighted by molar-refractivity contribution is -0.384. The van der Waals surface area contributed by atoms with Gasteiger partial charge in [0.25, 0.3) is 5.69 Å². The summed E-state index contributed by atoms with van der Waals surface area (Å²) >= 11 is 0. The summed E-state index contributed by atoms with van der Waals surface area (Å²) in [6, 6.07) is 16.2. The van der Waals surface area contributed by atoms with E-state index in [2.05, 4.69) is 5.32 Å². The highest BCUT2D eigenvalue weighted by atomic mass is 16.6. The third kappa shape index (κ3) is 3.77. The van der Waals surface area contributed by atoms with E-state index in [4.69, 9.17) is 9.47 Å². The molecule has 11 nitrogen and oxygen atoms in total. The fourth-order valence-corrected chi connectivity index (χ4v) is 5.91. The predicted molar refractivity (Wildman–Crippen MR) is 146 cm³/mol. The highest BCUT2D eigenvalue weighted by molar-refractivity contribution is 6.25. The van der Waals surface area contributed by atoms with Gasteiger partial charge in [-0.2, -0.15) is 0 Å². The van der Waals surface area contributed by atoms with Gasteiger partial charge in [0, 0.05) is 29.6 Å². The van der Waals surface area contributed by atoms with Crippen LogP contribution < -0.4 is 24.6 Å². The summed E-state index contributed by atoms with van der Waals surface area (Å²) < 4.78 is 10.8. The number of methoxy groups -OCH3 is 2. The van der Waals surface area contributed by atoms with Crippen molar-refractivity contribution in [1.29, 1.82) is 0 Å². The molecule has 0 spiro atoms. The standard InChI is InChI=1S/C29H24N4O7/c1-39-19-12-14-23(40-2)22(15-19)32-28(35)24-21-13-7-16-5-3-4-6-20(16)31(21)26(25(24)29(32)36)27(34)30-17-8-10-18(11-9-17)33(37)38/h3-15,21,24-26H,1-2H3,(H,30,34)/t21-,24-,25-,26+/m1/s1. The summed E-state index contributed by atoms with van der Waals surface area (Å²) in [6.45, 7) is 0. The Hall–Kier alpha value is -5.19. The predicted octanol–water partition coefficient (Wildman–Crippen LogP) is 3.64. The van der Waals surface area contributed by atoms with Gasteiger partial charge in [0.15, 0.2) is 0 Å². The molecule has 3 aromatic carbocycles. The SMILES string of the molecule is COc1ccc(OC)c(N2C(=O)[C@@H]3[C@H](C2=O)[C@H]2C=Cc4ccccc4N2[C@@H]3C(=O)Nc2ccc([N+](=O)[O-])cc2)c1. The van der Waals surface area contributed by atoms with E-state index >= 15 is 0 Å². The lowest BCUT2D eigenvalue weighted by Gasteiger charge is -2.36. The second kappa shape index (κ2) is 9.53. The van der Waals surface area contributed by atoms with Crippen LogP contribution in [0.2, 0.25) is 0 Å². The molecule has 1 N–H and O–H groups in total.